The molecule has 0 aliphatic carbocycles. The molecule has 0 amide bonds. The molecule has 0 aliphatic heterocycles. The fraction of sp³-hybridized carbons (Fsp3) is 0.0526. The lowest BCUT2D eigenvalue weighted by Crippen LogP contribution is -1.74. The SMILES string of the molecule is C=COC=C.Cc1ccc(C=Cc2ccccc2)cc1. The van der Waals surface area contributed by atoms with Crippen molar-refractivity contribution in [2.45, 2.75) is 6.92 Å². The smallest absolute Gasteiger partial charge is 0.0829 e. The van der Waals surface area contributed by atoms with Crippen LogP contribution in [0.15, 0.2) is 80.3 Å². The van der Waals surface area contributed by atoms with E-state index in [-0.39, 0.29) is 0 Å². The molecular weight excluding hydrogens is 244 g/mol. The van der Waals surface area contributed by atoms with E-state index >= 15 is 0 Å². The Balaban J connectivity index is 0.000000347. The summed E-state index contributed by atoms with van der Waals surface area (Å²) < 4.78 is 4.36. The van der Waals surface area contributed by atoms with Gasteiger partial charge in [-0.3, -0.25) is 0 Å². The summed E-state index contributed by atoms with van der Waals surface area (Å²) in [6, 6.07) is 18.9. The van der Waals surface area contributed by atoms with Gasteiger partial charge in [-0.15, -0.1) is 0 Å². The highest BCUT2D eigenvalue weighted by Gasteiger charge is 1.87. The lowest BCUT2D eigenvalue weighted by molar-refractivity contribution is 0.406. The number of hydrogen-bond donors (Lipinski definition) is 0. The fourth-order valence-corrected chi connectivity index (χ4v) is 1.50. The zero-order valence-electron chi connectivity index (χ0n) is 11.8. The van der Waals surface area contributed by atoms with E-state index < -0.39 is 0 Å². The van der Waals surface area contributed by atoms with E-state index in [1.807, 2.05) is 6.07 Å². The summed E-state index contributed by atoms with van der Waals surface area (Å²) in [5, 5.41) is 0. The Bertz CT molecular complexity index is 530. The predicted octanol–water partition coefficient (Wildman–Crippen LogP) is 5.46. The quantitative estimate of drug-likeness (QED) is 0.526. The minimum absolute atomic E-state index is 1.23. The van der Waals surface area contributed by atoms with Gasteiger partial charge in [0.15, 0.2) is 0 Å². The largest absolute Gasteiger partial charge is 0.474 e. The first-order valence-corrected chi connectivity index (χ1v) is 6.43. The highest BCUT2D eigenvalue weighted by Crippen LogP contribution is 2.08. The molecule has 0 bridgehead atoms. The second-order valence-corrected chi connectivity index (χ2v) is 4.12. The van der Waals surface area contributed by atoms with Crippen LogP contribution >= 0.6 is 0 Å². The minimum Gasteiger partial charge on any atom is -0.474 e. The van der Waals surface area contributed by atoms with Crippen molar-refractivity contribution in [1.82, 2.24) is 0 Å². The van der Waals surface area contributed by atoms with Crippen molar-refractivity contribution in [3.05, 3.63) is 97.0 Å². The van der Waals surface area contributed by atoms with E-state index in [2.05, 4.69) is 85.5 Å². The standard InChI is InChI=1S/C15H14.C4H6O/c1-13-7-9-15(10-8-13)12-11-14-5-3-2-4-6-14;1-3-5-4-2/h2-12H,1H3;3-4H,1-2H2. The molecule has 1 nitrogen and oxygen atoms in total. The van der Waals surface area contributed by atoms with Crippen molar-refractivity contribution in [2.24, 2.45) is 0 Å². The van der Waals surface area contributed by atoms with Gasteiger partial charge in [-0.2, -0.15) is 0 Å². The third-order valence-electron chi connectivity index (χ3n) is 2.54. The highest BCUT2D eigenvalue weighted by atomic mass is 16.5. The van der Waals surface area contributed by atoms with E-state index in [0.29, 0.717) is 0 Å². The molecule has 0 saturated heterocycles. The van der Waals surface area contributed by atoms with Crippen LogP contribution in [-0.2, 0) is 4.74 Å². The first-order valence-electron chi connectivity index (χ1n) is 6.43. The number of aryl methyl sites for hydroxylation is 1. The molecule has 20 heavy (non-hydrogen) atoms. The Morgan fingerprint density at radius 1 is 0.750 bits per heavy atom. The minimum atomic E-state index is 1.23. The van der Waals surface area contributed by atoms with Gasteiger partial charge in [0.1, 0.15) is 0 Å². The molecular formula is C19H20O. The van der Waals surface area contributed by atoms with Crippen LogP contribution in [-0.4, -0.2) is 0 Å². The third-order valence-corrected chi connectivity index (χ3v) is 2.54. The molecule has 0 atom stereocenters. The molecule has 0 heterocycles. The maximum Gasteiger partial charge on any atom is 0.0829 e. The summed E-state index contributed by atoms with van der Waals surface area (Å²) in [6.45, 7) is 8.62. The van der Waals surface area contributed by atoms with Gasteiger partial charge in [-0.1, -0.05) is 85.5 Å². The maximum atomic E-state index is 4.36. The van der Waals surface area contributed by atoms with Crippen molar-refractivity contribution >= 4 is 12.2 Å². The first kappa shape index (κ1) is 15.5. The molecule has 0 unspecified atom stereocenters. The average Bonchev–Trinajstić information content (AvgIpc) is 2.49. The summed E-state index contributed by atoms with van der Waals surface area (Å²) in [7, 11) is 0. The van der Waals surface area contributed by atoms with Crippen molar-refractivity contribution in [3.8, 4) is 0 Å². The average molecular weight is 264 g/mol. The first-order chi connectivity index (χ1) is 9.76. The fourth-order valence-electron chi connectivity index (χ4n) is 1.50. The molecule has 1 heteroatoms. The van der Waals surface area contributed by atoms with E-state index in [9.17, 15) is 0 Å². The van der Waals surface area contributed by atoms with Gasteiger partial charge in [-0.05, 0) is 18.1 Å². The van der Waals surface area contributed by atoms with E-state index in [1.165, 1.54) is 29.2 Å². The second-order valence-electron chi connectivity index (χ2n) is 4.12. The van der Waals surface area contributed by atoms with Crippen LogP contribution < -0.4 is 0 Å². The summed E-state index contributed by atoms with van der Waals surface area (Å²) in [5.41, 5.74) is 3.77. The zero-order valence-corrected chi connectivity index (χ0v) is 11.8. The van der Waals surface area contributed by atoms with Gasteiger partial charge in [0, 0.05) is 0 Å². The monoisotopic (exact) mass is 264 g/mol. The van der Waals surface area contributed by atoms with Crippen LogP contribution in [0.4, 0.5) is 0 Å². The Hall–Kier alpha value is -2.54. The van der Waals surface area contributed by atoms with Crippen molar-refractivity contribution in [1.29, 1.82) is 0 Å². The van der Waals surface area contributed by atoms with Gasteiger partial charge in [0.05, 0.1) is 12.5 Å². The lowest BCUT2D eigenvalue weighted by Gasteiger charge is -1.95. The summed E-state index contributed by atoms with van der Waals surface area (Å²) in [4.78, 5) is 0. The molecule has 2 aromatic rings. The third kappa shape index (κ3) is 6.41. The number of benzene rings is 2. The van der Waals surface area contributed by atoms with Crippen LogP contribution in [0.3, 0.4) is 0 Å². The lowest BCUT2D eigenvalue weighted by atomic mass is 10.1. The summed E-state index contributed by atoms with van der Waals surface area (Å²) >= 11 is 0. The topological polar surface area (TPSA) is 9.23 Å². The summed E-state index contributed by atoms with van der Waals surface area (Å²) in [6.07, 6.45) is 6.89. The maximum absolute atomic E-state index is 4.36. The Morgan fingerprint density at radius 3 is 1.70 bits per heavy atom. The van der Waals surface area contributed by atoms with Gasteiger partial charge >= 0.3 is 0 Å². The summed E-state index contributed by atoms with van der Waals surface area (Å²) in [5.74, 6) is 0. The molecule has 0 aliphatic rings. The number of ether oxygens (including phenoxy) is 1. The van der Waals surface area contributed by atoms with Crippen LogP contribution in [0.2, 0.25) is 0 Å². The van der Waals surface area contributed by atoms with E-state index in [1.54, 1.807) is 0 Å². The van der Waals surface area contributed by atoms with Gasteiger partial charge in [0.25, 0.3) is 0 Å². The van der Waals surface area contributed by atoms with Gasteiger partial charge in [0.2, 0.25) is 0 Å². The molecule has 102 valence electrons. The molecule has 0 spiro atoms. The van der Waals surface area contributed by atoms with Crippen LogP contribution in [0.1, 0.15) is 16.7 Å². The van der Waals surface area contributed by atoms with Crippen molar-refractivity contribution in [3.63, 3.8) is 0 Å². The van der Waals surface area contributed by atoms with Gasteiger partial charge < -0.3 is 4.74 Å². The van der Waals surface area contributed by atoms with E-state index in [0.717, 1.165) is 0 Å². The Kier molecular flexibility index (Phi) is 7.29. The number of rotatable bonds is 4. The van der Waals surface area contributed by atoms with Crippen LogP contribution in [0.5, 0.6) is 0 Å². The Morgan fingerprint density at radius 2 is 1.25 bits per heavy atom. The van der Waals surface area contributed by atoms with Gasteiger partial charge in [-0.25, -0.2) is 0 Å². The molecule has 0 N–H and O–H groups in total. The molecule has 0 saturated carbocycles. The molecule has 0 fully saturated rings. The predicted molar refractivity (Wildman–Crippen MR) is 88.0 cm³/mol. The van der Waals surface area contributed by atoms with Crippen molar-refractivity contribution in [2.75, 3.05) is 0 Å². The molecule has 2 aromatic carbocycles. The second kappa shape index (κ2) is 9.40. The van der Waals surface area contributed by atoms with Crippen LogP contribution in [0, 0.1) is 6.92 Å². The zero-order chi connectivity index (χ0) is 14.6. The van der Waals surface area contributed by atoms with Crippen LogP contribution in [0.25, 0.3) is 12.2 Å². The Labute approximate surface area is 121 Å². The molecule has 2 rings (SSSR count). The number of hydrogen-bond acceptors (Lipinski definition) is 1. The van der Waals surface area contributed by atoms with Crippen molar-refractivity contribution < 1.29 is 4.74 Å². The molecule has 0 aromatic heterocycles. The molecule has 0 radical (unpaired) electrons. The normalized spacial score (nSPS) is 9.45. The van der Waals surface area contributed by atoms with E-state index in [4.69, 9.17) is 0 Å². The highest BCUT2D eigenvalue weighted by molar-refractivity contribution is 5.69.